The van der Waals surface area contributed by atoms with E-state index in [4.69, 9.17) is 4.74 Å². The summed E-state index contributed by atoms with van der Waals surface area (Å²) in [5, 5.41) is 9.30. The van der Waals surface area contributed by atoms with Crippen molar-refractivity contribution < 1.29 is 14.6 Å². The Morgan fingerprint density at radius 2 is 2.29 bits per heavy atom. The lowest BCUT2D eigenvalue weighted by Gasteiger charge is -2.48. The van der Waals surface area contributed by atoms with Crippen LogP contribution in [-0.2, 0) is 16.1 Å². The summed E-state index contributed by atoms with van der Waals surface area (Å²) in [6, 6.07) is 4.44. The van der Waals surface area contributed by atoms with Crippen molar-refractivity contribution >= 4 is 5.97 Å². The monoisotopic (exact) mass is 331 g/mol. The predicted molar refractivity (Wildman–Crippen MR) is 88.6 cm³/mol. The van der Waals surface area contributed by atoms with E-state index in [1.165, 1.54) is 5.56 Å². The average molecular weight is 331 g/mol. The quantitative estimate of drug-likeness (QED) is 0.879. The van der Waals surface area contributed by atoms with Crippen LogP contribution in [0.15, 0.2) is 24.5 Å². The molecule has 1 aliphatic carbocycles. The van der Waals surface area contributed by atoms with Crippen LogP contribution in [0.25, 0.3) is 0 Å². The fourth-order valence-corrected chi connectivity index (χ4v) is 4.54. The van der Waals surface area contributed by atoms with Crippen molar-refractivity contribution in [3.8, 4) is 0 Å². The molecule has 2 saturated heterocycles. The van der Waals surface area contributed by atoms with Gasteiger partial charge >= 0.3 is 5.97 Å². The minimum Gasteiger partial charge on any atom is -0.481 e. The first-order valence-corrected chi connectivity index (χ1v) is 8.88. The van der Waals surface area contributed by atoms with Gasteiger partial charge in [-0.25, -0.2) is 0 Å². The molecule has 1 aromatic rings. The molecule has 2 aliphatic heterocycles. The molecule has 3 fully saturated rings. The number of hydrogen-bond donors (Lipinski definition) is 1. The van der Waals surface area contributed by atoms with E-state index >= 15 is 0 Å². The third-order valence-corrected chi connectivity index (χ3v) is 5.96. The molecule has 130 valence electrons. The second-order valence-electron chi connectivity index (χ2n) is 7.36. The van der Waals surface area contributed by atoms with E-state index in [2.05, 4.69) is 20.9 Å². The van der Waals surface area contributed by atoms with Crippen LogP contribution < -0.4 is 0 Å². The Bertz CT molecular complexity index is 590. The first-order valence-electron chi connectivity index (χ1n) is 8.88. The highest BCUT2D eigenvalue weighted by atomic mass is 16.5. The minimum absolute atomic E-state index is 0.132. The summed E-state index contributed by atoms with van der Waals surface area (Å²) in [6.07, 6.45) is 7.32. The number of morpholine rings is 1. The van der Waals surface area contributed by atoms with Crippen LogP contribution in [-0.4, -0.2) is 69.8 Å². The zero-order valence-corrected chi connectivity index (χ0v) is 13.9. The Hall–Kier alpha value is -1.50. The number of hydrogen-bond acceptors (Lipinski definition) is 5. The van der Waals surface area contributed by atoms with Crippen molar-refractivity contribution in [3.05, 3.63) is 30.1 Å². The number of carbonyl (C=O) groups is 1. The number of nitrogens with zero attached hydrogens (tertiary/aromatic N) is 3. The third kappa shape index (κ3) is 2.94. The number of rotatable bonds is 5. The molecule has 2 atom stereocenters. The molecule has 1 saturated carbocycles. The van der Waals surface area contributed by atoms with Crippen molar-refractivity contribution in [2.24, 2.45) is 0 Å². The SMILES string of the molecule is O=C(O)CC1(N2C[C@@H]3OCCN(Cc4cccnc4)[C@@H]3C2)CCC1. The lowest BCUT2D eigenvalue weighted by molar-refractivity contribution is -0.142. The van der Waals surface area contributed by atoms with Gasteiger partial charge in [-0.1, -0.05) is 6.07 Å². The number of carboxylic acids is 1. The van der Waals surface area contributed by atoms with Crippen LogP contribution in [0.5, 0.6) is 0 Å². The number of pyridine rings is 1. The topological polar surface area (TPSA) is 65.9 Å². The van der Waals surface area contributed by atoms with E-state index < -0.39 is 5.97 Å². The average Bonchev–Trinajstić information content (AvgIpc) is 2.97. The summed E-state index contributed by atoms with van der Waals surface area (Å²) < 4.78 is 6.02. The first-order chi connectivity index (χ1) is 11.7. The van der Waals surface area contributed by atoms with Gasteiger partial charge in [0.15, 0.2) is 0 Å². The molecule has 6 heteroatoms. The summed E-state index contributed by atoms with van der Waals surface area (Å²) in [5.41, 5.74) is 1.09. The van der Waals surface area contributed by atoms with E-state index in [0.29, 0.717) is 6.04 Å². The number of fused-ring (bicyclic) bond motifs is 1. The van der Waals surface area contributed by atoms with Crippen molar-refractivity contribution in [2.75, 3.05) is 26.2 Å². The molecule has 3 heterocycles. The molecule has 6 nitrogen and oxygen atoms in total. The standard InChI is InChI=1S/C18H25N3O3/c22-17(23)9-18(4-2-5-18)21-12-15-16(13-21)24-8-7-20(15)11-14-3-1-6-19-10-14/h1,3,6,10,15-16H,2,4-5,7-9,11-13H2,(H,22,23)/t15-,16+/m1/s1. The number of likely N-dealkylation sites (tertiary alicyclic amines) is 1. The predicted octanol–water partition coefficient (Wildman–Crippen LogP) is 1.36. The largest absolute Gasteiger partial charge is 0.481 e. The highest BCUT2D eigenvalue weighted by Gasteiger charge is 2.51. The van der Waals surface area contributed by atoms with Gasteiger partial charge in [-0.3, -0.25) is 19.6 Å². The van der Waals surface area contributed by atoms with Crippen molar-refractivity contribution in [1.29, 1.82) is 0 Å². The van der Waals surface area contributed by atoms with Crippen LogP contribution in [0, 0.1) is 0 Å². The van der Waals surface area contributed by atoms with Gasteiger partial charge in [-0.15, -0.1) is 0 Å². The highest BCUT2D eigenvalue weighted by molar-refractivity contribution is 5.68. The van der Waals surface area contributed by atoms with Gasteiger partial charge in [-0.05, 0) is 30.9 Å². The van der Waals surface area contributed by atoms with E-state index in [1.54, 1.807) is 6.20 Å². The van der Waals surface area contributed by atoms with E-state index in [9.17, 15) is 9.90 Å². The molecule has 0 aromatic carbocycles. The lowest BCUT2D eigenvalue weighted by Crippen LogP contribution is -2.54. The van der Waals surface area contributed by atoms with Gasteiger partial charge in [0.2, 0.25) is 0 Å². The maximum atomic E-state index is 11.3. The van der Waals surface area contributed by atoms with Gasteiger partial charge in [0.25, 0.3) is 0 Å². The Balaban J connectivity index is 1.47. The summed E-state index contributed by atoms with van der Waals surface area (Å²) >= 11 is 0. The Labute approximate surface area is 142 Å². The molecule has 4 rings (SSSR count). The third-order valence-electron chi connectivity index (χ3n) is 5.96. The molecular weight excluding hydrogens is 306 g/mol. The Morgan fingerprint density at radius 1 is 1.42 bits per heavy atom. The van der Waals surface area contributed by atoms with Gasteiger partial charge < -0.3 is 9.84 Å². The van der Waals surface area contributed by atoms with Gasteiger partial charge in [0.1, 0.15) is 0 Å². The number of carboxylic acid groups (broad SMARTS) is 1. The van der Waals surface area contributed by atoms with Crippen LogP contribution in [0.4, 0.5) is 0 Å². The summed E-state index contributed by atoms with van der Waals surface area (Å²) in [4.78, 5) is 20.4. The summed E-state index contributed by atoms with van der Waals surface area (Å²) in [6.45, 7) is 4.34. The molecule has 0 spiro atoms. The molecule has 3 aliphatic rings. The van der Waals surface area contributed by atoms with E-state index in [1.807, 2.05) is 12.3 Å². The van der Waals surface area contributed by atoms with Crippen molar-refractivity contribution in [1.82, 2.24) is 14.8 Å². The Morgan fingerprint density at radius 3 is 2.96 bits per heavy atom. The van der Waals surface area contributed by atoms with Crippen LogP contribution >= 0.6 is 0 Å². The number of ether oxygens (including phenoxy) is 1. The minimum atomic E-state index is -0.683. The second kappa shape index (κ2) is 6.43. The summed E-state index contributed by atoms with van der Waals surface area (Å²) in [5.74, 6) is -0.683. The Kier molecular flexibility index (Phi) is 4.28. The molecular formula is C18H25N3O3. The van der Waals surface area contributed by atoms with Crippen molar-refractivity contribution in [2.45, 2.75) is 49.9 Å². The molecule has 0 unspecified atom stereocenters. The van der Waals surface area contributed by atoms with Crippen LogP contribution in [0.1, 0.15) is 31.2 Å². The zero-order valence-electron chi connectivity index (χ0n) is 13.9. The zero-order chi connectivity index (χ0) is 16.6. The van der Waals surface area contributed by atoms with E-state index in [-0.39, 0.29) is 18.1 Å². The second-order valence-corrected chi connectivity index (χ2v) is 7.36. The molecule has 0 amide bonds. The summed E-state index contributed by atoms with van der Waals surface area (Å²) in [7, 11) is 0. The van der Waals surface area contributed by atoms with Crippen LogP contribution in [0.2, 0.25) is 0 Å². The normalized spacial score (nSPS) is 29.8. The van der Waals surface area contributed by atoms with Gasteiger partial charge in [0.05, 0.1) is 25.2 Å². The molecule has 1 N–H and O–H groups in total. The fourth-order valence-electron chi connectivity index (χ4n) is 4.54. The van der Waals surface area contributed by atoms with Crippen LogP contribution in [0.3, 0.4) is 0 Å². The number of aliphatic carboxylic acids is 1. The smallest absolute Gasteiger partial charge is 0.305 e. The fraction of sp³-hybridized carbons (Fsp3) is 0.667. The molecule has 1 aromatic heterocycles. The lowest BCUT2D eigenvalue weighted by atomic mass is 9.73. The molecule has 0 bridgehead atoms. The highest BCUT2D eigenvalue weighted by Crippen LogP contribution is 2.43. The number of aromatic nitrogens is 1. The molecule has 0 radical (unpaired) electrons. The maximum Gasteiger partial charge on any atom is 0.305 e. The molecule has 24 heavy (non-hydrogen) atoms. The van der Waals surface area contributed by atoms with E-state index in [0.717, 1.165) is 52.0 Å². The van der Waals surface area contributed by atoms with Gasteiger partial charge in [0, 0.05) is 44.1 Å². The van der Waals surface area contributed by atoms with Crippen molar-refractivity contribution in [3.63, 3.8) is 0 Å². The maximum absolute atomic E-state index is 11.3. The first kappa shape index (κ1) is 16.0. The van der Waals surface area contributed by atoms with Gasteiger partial charge in [-0.2, -0.15) is 0 Å².